The number of aryl methyl sites for hydroxylation is 1. The van der Waals surface area contributed by atoms with Gasteiger partial charge in [-0.25, -0.2) is 0 Å². The van der Waals surface area contributed by atoms with E-state index in [2.05, 4.69) is 24.3 Å². The molecular weight excluding hydrogens is 300 g/mol. The fourth-order valence-electron chi connectivity index (χ4n) is 3.74. The first-order valence-corrected chi connectivity index (χ1v) is 8.20. The van der Waals surface area contributed by atoms with Crippen molar-refractivity contribution in [1.29, 1.82) is 0 Å². The molecule has 2 aliphatic rings. The number of aromatic hydroxyl groups is 1. The van der Waals surface area contributed by atoms with E-state index in [0.717, 1.165) is 41.2 Å². The minimum absolute atomic E-state index is 0.330. The molecule has 4 rings (SSSR count). The summed E-state index contributed by atoms with van der Waals surface area (Å²) in [7, 11) is 3.28. The molecule has 2 aromatic rings. The minimum atomic E-state index is 0.330. The zero-order chi connectivity index (χ0) is 16.7. The largest absolute Gasteiger partial charge is 0.507 e. The average Bonchev–Trinajstić information content (AvgIpc) is 2.85. The monoisotopic (exact) mass is 320 g/mol. The molecule has 3 nitrogen and oxygen atoms in total. The molecule has 0 saturated heterocycles. The van der Waals surface area contributed by atoms with E-state index in [1.807, 2.05) is 18.2 Å². The predicted octanol–water partition coefficient (Wildman–Crippen LogP) is 4.78. The summed E-state index contributed by atoms with van der Waals surface area (Å²) in [6, 6.07) is 5.78. The number of allylic oxidation sites excluding steroid dienone is 6. The van der Waals surface area contributed by atoms with Crippen molar-refractivity contribution in [3.63, 3.8) is 0 Å². The van der Waals surface area contributed by atoms with Gasteiger partial charge in [0.2, 0.25) is 0 Å². The number of benzene rings is 2. The second kappa shape index (κ2) is 5.75. The molecule has 0 radical (unpaired) electrons. The number of methoxy groups -OCH3 is 2. The van der Waals surface area contributed by atoms with E-state index in [-0.39, 0.29) is 0 Å². The number of fused-ring (bicyclic) bond motifs is 4. The van der Waals surface area contributed by atoms with Gasteiger partial charge in [-0.1, -0.05) is 24.3 Å². The Labute approximate surface area is 141 Å². The van der Waals surface area contributed by atoms with Gasteiger partial charge in [0.15, 0.2) is 11.5 Å². The van der Waals surface area contributed by atoms with E-state index in [0.29, 0.717) is 17.2 Å². The Morgan fingerprint density at radius 3 is 2.46 bits per heavy atom. The molecule has 0 amide bonds. The van der Waals surface area contributed by atoms with Crippen molar-refractivity contribution in [2.45, 2.75) is 19.3 Å². The third-order valence-electron chi connectivity index (χ3n) is 4.87. The molecule has 1 N–H and O–H groups in total. The standard InChI is InChI=1S/C21H20O3/c1-23-19-11-14-10-18(22)21-15-7-5-3-4-6-13(15)8-9-16(21)17(14)12-20(19)24-2/h4-7,10-12,22H,3,8-9H2,1-2H3. The summed E-state index contributed by atoms with van der Waals surface area (Å²) in [6.07, 6.45) is 11.5. The van der Waals surface area contributed by atoms with Crippen molar-refractivity contribution in [2.24, 2.45) is 0 Å². The topological polar surface area (TPSA) is 38.7 Å². The number of rotatable bonds is 2. The fraction of sp³-hybridized carbons (Fsp3) is 0.238. The van der Waals surface area contributed by atoms with Gasteiger partial charge in [0.25, 0.3) is 0 Å². The van der Waals surface area contributed by atoms with Crippen LogP contribution in [0.4, 0.5) is 0 Å². The van der Waals surface area contributed by atoms with Crippen LogP contribution in [0.3, 0.4) is 0 Å². The van der Waals surface area contributed by atoms with Gasteiger partial charge < -0.3 is 14.6 Å². The summed E-state index contributed by atoms with van der Waals surface area (Å²) in [5.74, 6) is 1.73. The van der Waals surface area contributed by atoms with Gasteiger partial charge in [-0.2, -0.15) is 0 Å². The Balaban J connectivity index is 2.04. The molecule has 0 bridgehead atoms. The lowest BCUT2D eigenvalue weighted by atomic mass is 9.82. The smallest absolute Gasteiger partial charge is 0.161 e. The summed E-state index contributed by atoms with van der Waals surface area (Å²) in [4.78, 5) is 0. The highest BCUT2D eigenvalue weighted by Crippen LogP contribution is 2.45. The molecule has 122 valence electrons. The molecule has 0 unspecified atom stereocenters. The molecule has 0 saturated carbocycles. The van der Waals surface area contributed by atoms with E-state index in [4.69, 9.17) is 9.47 Å². The summed E-state index contributed by atoms with van der Waals surface area (Å²) < 4.78 is 10.9. The van der Waals surface area contributed by atoms with Crippen molar-refractivity contribution in [3.8, 4) is 17.2 Å². The van der Waals surface area contributed by atoms with Gasteiger partial charge >= 0.3 is 0 Å². The molecule has 24 heavy (non-hydrogen) atoms. The highest BCUT2D eigenvalue weighted by atomic mass is 16.5. The summed E-state index contributed by atoms with van der Waals surface area (Å²) in [5.41, 5.74) is 4.58. The third kappa shape index (κ3) is 2.20. The first kappa shape index (κ1) is 14.9. The number of hydrogen-bond donors (Lipinski definition) is 1. The van der Waals surface area contributed by atoms with E-state index < -0.39 is 0 Å². The Morgan fingerprint density at radius 2 is 1.67 bits per heavy atom. The first-order chi connectivity index (χ1) is 11.7. The van der Waals surface area contributed by atoms with Crippen LogP contribution < -0.4 is 9.47 Å². The molecule has 0 aliphatic heterocycles. The highest BCUT2D eigenvalue weighted by molar-refractivity contribution is 5.98. The Bertz CT molecular complexity index is 917. The SMILES string of the molecule is COc1cc2cc(O)c3c(c2cc1OC)CCC1=C3C=CCC=C1. The van der Waals surface area contributed by atoms with Crippen molar-refractivity contribution >= 4 is 16.3 Å². The Morgan fingerprint density at radius 1 is 0.917 bits per heavy atom. The van der Waals surface area contributed by atoms with Crippen LogP contribution in [0.15, 0.2) is 48.1 Å². The van der Waals surface area contributed by atoms with Gasteiger partial charge in [-0.15, -0.1) is 0 Å². The molecule has 0 heterocycles. The summed E-state index contributed by atoms with van der Waals surface area (Å²) in [5, 5.41) is 12.8. The van der Waals surface area contributed by atoms with E-state index >= 15 is 0 Å². The quantitative estimate of drug-likeness (QED) is 0.865. The maximum absolute atomic E-state index is 10.7. The van der Waals surface area contributed by atoms with E-state index in [1.165, 1.54) is 11.1 Å². The zero-order valence-electron chi connectivity index (χ0n) is 13.9. The van der Waals surface area contributed by atoms with Crippen molar-refractivity contribution in [3.05, 3.63) is 59.2 Å². The van der Waals surface area contributed by atoms with Gasteiger partial charge in [0, 0.05) is 5.56 Å². The molecule has 3 heteroatoms. The highest BCUT2D eigenvalue weighted by Gasteiger charge is 2.23. The van der Waals surface area contributed by atoms with Crippen LogP contribution in [0.2, 0.25) is 0 Å². The van der Waals surface area contributed by atoms with Crippen LogP contribution in [0, 0.1) is 0 Å². The maximum atomic E-state index is 10.7. The summed E-state index contributed by atoms with van der Waals surface area (Å²) >= 11 is 0. The molecule has 2 aromatic carbocycles. The normalized spacial score (nSPS) is 15.9. The van der Waals surface area contributed by atoms with E-state index in [9.17, 15) is 5.11 Å². The lowest BCUT2D eigenvalue weighted by Gasteiger charge is -2.23. The second-order valence-corrected chi connectivity index (χ2v) is 6.16. The molecular formula is C21H20O3. The van der Waals surface area contributed by atoms with Crippen molar-refractivity contribution in [1.82, 2.24) is 0 Å². The predicted molar refractivity (Wildman–Crippen MR) is 96.9 cm³/mol. The first-order valence-electron chi connectivity index (χ1n) is 8.20. The van der Waals surface area contributed by atoms with Crippen LogP contribution >= 0.6 is 0 Å². The lowest BCUT2D eigenvalue weighted by Crippen LogP contribution is -2.05. The Hall–Kier alpha value is -2.68. The number of phenols is 1. The van der Waals surface area contributed by atoms with Crippen LogP contribution in [0.1, 0.15) is 24.0 Å². The lowest BCUT2D eigenvalue weighted by molar-refractivity contribution is 0.356. The van der Waals surface area contributed by atoms with Crippen LogP contribution in [-0.2, 0) is 6.42 Å². The van der Waals surface area contributed by atoms with Gasteiger partial charge in [0.05, 0.1) is 14.2 Å². The average molecular weight is 320 g/mol. The van der Waals surface area contributed by atoms with Crippen LogP contribution in [-0.4, -0.2) is 19.3 Å². The van der Waals surface area contributed by atoms with Gasteiger partial charge in [-0.05, 0) is 64.9 Å². The van der Waals surface area contributed by atoms with Gasteiger partial charge in [-0.3, -0.25) is 0 Å². The number of phenolic OH excluding ortho intramolecular Hbond substituents is 1. The number of ether oxygens (including phenoxy) is 2. The number of hydrogen-bond acceptors (Lipinski definition) is 3. The minimum Gasteiger partial charge on any atom is -0.507 e. The van der Waals surface area contributed by atoms with Crippen molar-refractivity contribution < 1.29 is 14.6 Å². The third-order valence-corrected chi connectivity index (χ3v) is 4.87. The molecule has 0 fully saturated rings. The molecule has 0 aromatic heterocycles. The second-order valence-electron chi connectivity index (χ2n) is 6.16. The summed E-state index contributed by atoms with van der Waals surface area (Å²) in [6.45, 7) is 0. The molecule has 2 aliphatic carbocycles. The van der Waals surface area contributed by atoms with Gasteiger partial charge in [0.1, 0.15) is 5.75 Å². The molecule has 0 spiro atoms. The van der Waals surface area contributed by atoms with Crippen LogP contribution in [0.5, 0.6) is 17.2 Å². The zero-order valence-corrected chi connectivity index (χ0v) is 13.9. The van der Waals surface area contributed by atoms with E-state index in [1.54, 1.807) is 14.2 Å². The fourth-order valence-corrected chi connectivity index (χ4v) is 3.74. The molecule has 0 atom stereocenters. The maximum Gasteiger partial charge on any atom is 0.161 e. The Kier molecular flexibility index (Phi) is 3.57. The van der Waals surface area contributed by atoms with Crippen molar-refractivity contribution in [2.75, 3.05) is 14.2 Å². The van der Waals surface area contributed by atoms with Crippen LogP contribution in [0.25, 0.3) is 16.3 Å².